The van der Waals surface area contributed by atoms with Crippen LogP contribution in [0.2, 0.25) is 0 Å². The lowest BCUT2D eigenvalue weighted by atomic mass is 9.77. The number of nitriles is 1. The van der Waals surface area contributed by atoms with Crippen LogP contribution in [-0.2, 0) is 4.79 Å². The molecule has 1 spiro atoms. The van der Waals surface area contributed by atoms with Crippen molar-refractivity contribution in [1.29, 1.82) is 5.26 Å². The highest BCUT2D eigenvalue weighted by atomic mass is 16.2. The van der Waals surface area contributed by atoms with Gasteiger partial charge < -0.3 is 9.80 Å². The molecule has 2 saturated heterocycles. The average Bonchev–Trinajstić information content (AvgIpc) is 2.99. The van der Waals surface area contributed by atoms with Gasteiger partial charge in [0.15, 0.2) is 0 Å². The molecule has 3 aliphatic rings. The fourth-order valence-corrected chi connectivity index (χ4v) is 4.93. The Morgan fingerprint density at radius 3 is 2.77 bits per heavy atom. The van der Waals surface area contributed by atoms with Crippen molar-refractivity contribution in [1.82, 2.24) is 9.88 Å². The van der Waals surface area contributed by atoms with E-state index in [9.17, 15) is 10.1 Å². The number of carbonyl (C=O) groups is 1. The minimum atomic E-state index is -0.270. The number of piperidine rings is 1. The molecule has 4 rings (SSSR count). The van der Waals surface area contributed by atoms with Crippen molar-refractivity contribution in [2.45, 2.75) is 52.4 Å². The first-order valence-corrected chi connectivity index (χ1v) is 9.95. The third-order valence-electron chi connectivity index (χ3n) is 6.62. The monoisotopic (exact) mass is 352 g/mol. The van der Waals surface area contributed by atoms with Gasteiger partial charge in [-0.1, -0.05) is 6.42 Å². The molecule has 1 aromatic rings. The highest BCUT2D eigenvalue weighted by Crippen LogP contribution is 2.43. The number of amides is 1. The minimum Gasteiger partial charge on any atom is -0.354 e. The Bertz CT molecular complexity index is 764. The summed E-state index contributed by atoms with van der Waals surface area (Å²) >= 11 is 0. The number of aryl methyl sites for hydroxylation is 2. The topological polar surface area (TPSA) is 60.2 Å². The average molecular weight is 352 g/mol. The predicted octanol–water partition coefficient (Wildman–Crippen LogP) is 3.19. The van der Waals surface area contributed by atoms with E-state index in [1.165, 1.54) is 19.3 Å². The van der Waals surface area contributed by atoms with Gasteiger partial charge in [-0.15, -0.1) is 0 Å². The van der Waals surface area contributed by atoms with Crippen LogP contribution in [0.1, 0.15) is 55.3 Å². The van der Waals surface area contributed by atoms with Crippen LogP contribution in [0.3, 0.4) is 0 Å². The maximum atomic E-state index is 13.3. The summed E-state index contributed by atoms with van der Waals surface area (Å²) in [7, 11) is 0. The SMILES string of the molecule is Cc1cc(C)c(C#N)c(N2CCC3(CCCN(CC4CCC4)C3=O)C2)n1. The fraction of sp³-hybridized carbons (Fsp3) is 0.667. The highest BCUT2D eigenvalue weighted by Gasteiger charge is 2.49. The highest BCUT2D eigenvalue weighted by molar-refractivity contribution is 5.85. The zero-order chi connectivity index (χ0) is 18.3. The van der Waals surface area contributed by atoms with Gasteiger partial charge in [-0.05, 0) is 63.5 Å². The predicted molar refractivity (Wildman–Crippen MR) is 101 cm³/mol. The number of hydrogen-bond donors (Lipinski definition) is 0. The molecule has 2 aliphatic heterocycles. The summed E-state index contributed by atoms with van der Waals surface area (Å²) in [5.41, 5.74) is 2.28. The second-order valence-electron chi connectivity index (χ2n) is 8.49. The lowest BCUT2D eigenvalue weighted by Gasteiger charge is -2.42. The van der Waals surface area contributed by atoms with E-state index in [0.29, 0.717) is 18.0 Å². The number of carbonyl (C=O) groups excluding carboxylic acids is 1. The van der Waals surface area contributed by atoms with Crippen LogP contribution in [0.5, 0.6) is 0 Å². The van der Waals surface area contributed by atoms with E-state index >= 15 is 0 Å². The number of hydrogen-bond acceptors (Lipinski definition) is 4. The quantitative estimate of drug-likeness (QED) is 0.838. The van der Waals surface area contributed by atoms with Crippen molar-refractivity contribution in [3.63, 3.8) is 0 Å². The normalized spacial score (nSPS) is 26.3. The number of pyridine rings is 1. The van der Waals surface area contributed by atoms with Gasteiger partial charge >= 0.3 is 0 Å². The molecule has 1 aromatic heterocycles. The second-order valence-corrected chi connectivity index (χ2v) is 8.49. The number of anilines is 1. The molecular formula is C21H28N4O. The zero-order valence-corrected chi connectivity index (χ0v) is 15.9. The summed E-state index contributed by atoms with van der Waals surface area (Å²) in [6.45, 7) is 7.32. The molecule has 3 heterocycles. The van der Waals surface area contributed by atoms with Crippen LogP contribution in [0.25, 0.3) is 0 Å². The van der Waals surface area contributed by atoms with E-state index in [4.69, 9.17) is 0 Å². The molecule has 1 unspecified atom stereocenters. The van der Waals surface area contributed by atoms with Crippen LogP contribution in [0.15, 0.2) is 6.07 Å². The van der Waals surface area contributed by atoms with E-state index in [-0.39, 0.29) is 5.41 Å². The van der Waals surface area contributed by atoms with E-state index in [0.717, 1.165) is 61.9 Å². The molecule has 1 amide bonds. The Morgan fingerprint density at radius 1 is 1.27 bits per heavy atom. The number of aromatic nitrogens is 1. The van der Waals surface area contributed by atoms with E-state index in [2.05, 4.69) is 20.9 Å². The molecule has 26 heavy (non-hydrogen) atoms. The van der Waals surface area contributed by atoms with Gasteiger partial charge in [0.2, 0.25) is 5.91 Å². The number of nitrogens with zero attached hydrogens (tertiary/aromatic N) is 4. The molecule has 0 bridgehead atoms. The second kappa shape index (κ2) is 6.57. The molecule has 1 aliphatic carbocycles. The van der Waals surface area contributed by atoms with Gasteiger partial charge in [0.1, 0.15) is 11.9 Å². The maximum absolute atomic E-state index is 13.3. The summed E-state index contributed by atoms with van der Waals surface area (Å²) in [5.74, 6) is 1.84. The Balaban J connectivity index is 1.56. The lowest BCUT2D eigenvalue weighted by molar-refractivity contribution is -0.146. The van der Waals surface area contributed by atoms with Crippen molar-refractivity contribution in [2.24, 2.45) is 11.3 Å². The van der Waals surface area contributed by atoms with Crippen LogP contribution in [0.4, 0.5) is 5.82 Å². The first-order valence-electron chi connectivity index (χ1n) is 9.95. The molecule has 0 aromatic carbocycles. The summed E-state index contributed by atoms with van der Waals surface area (Å²) in [4.78, 5) is 22.3. The third-order valence-corrected chi connectivity index (χ3v) is 6.62. The Morgan fingerprint density at radius 2 is 2.08 bits per heavy atom. The summed E-state index contributed by atoms with van der Waals surface area (Å²) in [5, 5.41) is 9.59. The van der Waals surface area contributed by atoms with Crippen LogP contribution in [-0.4, -0.2) is 42.0 Å². The summed E-state index contributed by atoms with van der Waals surface area (Å²) in [6.07, 6.45) is 6.82. The number of rotatable bonds is 3. The molecule has 0 radical (unpaired) electrons. The maximum Gasteiger partial charge on any atom is 0.230 e. The summed E-state index contributed by atoms with van der Waals surface area (Å²) in [6, 6.07) is 4.28. The van der Waals surface area contributed by atoms with E-state index in [1.807, 2.05) is 19.9 Å². The van der Waals surface area contributed by atoms with E-state index in [1.54, 1.807) is 0 Å². The first kappa shape index (κ1) is 17.3. The van der Waals surface area contributed by atoms with Crippen LogP contribution >= 0.6 is 0 Å². The fourth-order valence-electron chi connectivity index (χ4n) is 4.93. The molecule has 3 fully saturated rings. The molecule has 5 nitrogen and oxygen atoms in total. The van der Waals surface area contributed by atoms with Crippen molar-refractivity contribution < 1.29 is 4.79 Å². The molecule has 138 valence electrons. The molecule has 1 atom stereocenters. The zero-order valence-electron chi connectivity index (χ0n) is 15.9. The Hall–Kier alpha value is -2.09. The van der Waals surface area contributed by atoms with E-state index < -0.39 is 0 Å². The Kier molecular flexibility index (Phi) is 4.38. The molecule has 0 N–H and O–H groups in total. The smallest absolute Gasteiger partial charge is 0.230 e. The van der Waals surface area contributed by atoms with Crippen LogP contribution in [0, 0.1) is 36.5 Å². The minimum absolute atomic E-state index is 0.270. The molecule has 5 heteroatoms. The standard InChI is InChI=1S/C21H28N4O/c1-15-11-16(2)23-19(18(15)12-22)25-10-8-21(14-25)7-4-9-24(20(21)26)13-17-5-3-6-17/h11,17H,3-10,13-14H2,1-2H3. The van der Waals surface area contributed by atoms with Gasteiger partial charge in [-0.25, -0.2) is 4.98 Å². The van der Waals surface area contributed by atoms with Gasteiger partial charge in [-0.3, -0.25) is 4.79 Å². The first-order chi connectivity index (χ1) is 12.5. The third kappa shape index (κ3) is 2.86. The van der Waals surface area contributed by atoms with Crippen molar-refractivity contribution in [3.05, 3.63) is 22.9 Å². The number of likely N-dealkylation sites (tertiary alicyclic amines) is 1. The molecular weight excluding hydrogens is 324 g/mol. The summed E-state index contributed by atoms with van der Waals surface area (Å²) < 4.78 is 0. The van der Waals surface area contributed by atoms with Crippen molar-refractivity contribution in [3.8, 4) is 6.07 Å². The van der Waals surface area contributed by atoms with Crippen molar-refractivity contribution >= 4 is 11.7 Å². The van der Waals surface area contributed by atoms with Crippen LogP contribution < -0.4 is 4.90 Å². The van der Waals surface area contributed by atoms with Gasteiger partial charge in [0.05, 0.1) is 11.0 Å². The van der Waals surface area contributed by atoms with Gasteiger partial charge in [0, 0.05) is 31.9 Å². The largest absolute Gasteiger partial charge is 0.354 e. The lowest BCUT2D eigenvalue weighted by Crippen LogP contribution is -2.51. The van der Waals surface area contributed by atoms with Gasteiger partial charge in [0.25, 0.3) is 0 Å². The van der Waals surface area contributed by atoms with Gasteiger partial charge in [-0.2, -0.15) is 5.26 Å². The van der Waals surface area contributed by atoms with Crippen molar-refractivity contribution in [2.75, 3.05) is 31.1 Å². The molecule has 1 saturated carbocycles. The Labute approximate surface area is 156 Å².